The third-order valence-corrected chi connectivity index (χ3v) is 7.26. The number of amides is 2. The van der Waals surface area contributed by atoms with E-state index in [9.17, 15) is 41.0 Å². The highest BCUT2D eigenvalue weighted by Crippen LogP contribution is 2.52. The van der Waals surface area contributed by atoms with Gasteiger partial charge in [-0.3, -0.25) is 9.59 Å². The Morgan fingerprint density at radius 1 is 1.08 bits per heavy atom. The van der Waals surface area contributed by atoms with Crippen LogP contribution in [0.4, 0.5) is 32.0 Å². The average Bonchev–Trinajstić information content (AvgIpc) is 2.97. The Bertz CT molecular complexity index is 1230. The van der Waals surface area contributed by atoms with Gasteiger partial charge in [0.05, 0.1) is 16.8 Å². The highest BCUT2D eigenvalue weighted by atomic mass is 19.4. The minimum Gasteiger partial charge on any atom is -0.371 e. The molecule has 1 unspecified atom stereocenters. The molecular formula is C25H25F6N3O3. The third-order valence-electron chi connectivity index (χ3n) is 7.26. The number of nitrogens with two attached hydrogens (primary N) is 1. The lowest BCUT2D eigenvalue weighted by Crippen LogP contribution is -2.50. The van der Waals surface area contributed by atoms with Gasteiger partial charge in [0.25, 0.3) is 5.91 Å². The number of nitrogens with zero attached hydrogens (tertiary/aromatic N) is 2. The first kappa shape index (κ1) is 26.9. The molecule has 0 bridgehead atoms. The lowest BCUT2D eigenvalue weighted by atomic mass is 9.78. The number of aliphatic hydroxyl groups is 1. The smallest absolute Gasteiger partial charge is 0.371 e. The maximum atomic E-state index is 14.8. The zero-order valence-electron chi connectivity index (χ0n) is 20.0. The zero-order chi connectivity index (χ0) is 27.4. The number of rotatable bonds is 7. The molecule has 2 amide bonds. The van der Waals surface area contributed by atoms with E-state index >= 15 is 0 Å². The van der Waals surface area contributed by atoms with Gasteiger partial charge in [-0.1, -0.05) is 13.8 Å². The second-order valence-electron chi connectivity index (χ2n) is 9.36. The first-order valence-corrected chi connectivity index (χ1v) is 11.7. The molecule has 4 rings (SSSR count). The summed E-state index contributed by atoms with van der Waals surface area (Å²) in [5, 5.41) is 11.5. The first-order chi connectivity index (χ1) is 17.2. The number of carbonyl (C=O) groups is 2. The van der Waals surface area contributed by atoms with Crippen molar-refractivity contribution in [2.75, 3.05) is 24.5 Å². The Morgan fingerprint density at radius 2 is 1.65 bits per heavy atom. The van der Waals surface area contributed by atoms with Crippen molar-refractivity contribution >= 4 is 17.5 Å². The van der Waals surface area contributed by atoms with E-state index < -0.39 is 69.0 Å². The standard InChI is InChI=1S/C25H25F6N3O3/c1-3-33(4-2)15-5-12(6-15)11-34-19-8-13(22(32)35)7-16(25(29,30)31)20(19)24(37,23(34)36)21-17(27)9-14(26)10-18(21)28/h7-10,12,15,37H,3-6,11H2,1-2H3,(H2,32,35). The van der Waals surface area contributed by atoms with Crippen LogP contribution in [0.3, 0.4) is 0 Å². The van der Waals surface area contributed by atoms with Crippen LogP contribution in [-0.4, -0.2) is 47.5 Å². The minimum absolute atomic E-state index is 0.164. The summed E-state index contributed by atoms with van der Waals surface area (Å²) in [5.41, 5.74) is -3.62. The molecule has 1 fully saturated rings. The molecule has 3 N–H and O–H groups in total. The van der Waals surface area contributed by atoms with Crippen LogP contribution in [0, 0.1) is 23.4 Å². The molecule has 2 aromatic carbocycles. The van der Waals surface area contributed by atoms with Crippen LogP contribution in [0.15, 0.2) is 24.3 Å². The van der Waals surface area contributed by atoms with Gasteiger partial charge in [0, 0.05) is 35.8 Å². The number of benzene rings is 2. The molecule has 0 saturated heterocycles. The number of hydrogen-bond acceptors (Lipinski definition) is 4. The van der Waals surface area contributed by atoms with E-state index in [1.807, 2.05) is 13.8 Å². The van der Waals surface area contributed by atoms with E-state index in [4.69, 9.17) is 5.73 Å². The van der Waals surface area contributed by atoms with Crippen molar-refractivity contribution in [2.24, 2.45) is 11.7 Å². The molecule has 1 aliphatic heterocycles. The second-order valence-corrected chi connectivity index (χ2v) is 9.36. The van der Waals surface area contributed by atoms with Crippen molar-refractivity contribution in [3.05, 3.63) is 64.0 Å². The summed E-state index contributed by atoms with van der Waals surface area (Å²) in [4.78, 5) is 28.4. The summed E-state index contributed by atoms with van der Waals surface area (Å²) in [5.74, 6) is -7.73. The normalized spacial score (nSPS) is 23.4. The topological polar surface area (TPSA) is 86.9 Å². The Labute approximate surface area is 208 Å². The molecule has 0 radical (unpaired) electrons. The summed E-state index contributed by atoms with van der Waals surface area (Å²) in [7, 11) is 0. The van der Waals surface area contributed by atoms with Gasteiger partial charge in [-0.25, -0.2) is 13.2 Å². The van der Waals surface area contributed by atoms with Gasteiger partial charge in [0.2, 0.25) is 11.5 Å². The van der Waals surface area contributed by atoms with E-state index in [1.165, 1.54) is 0 Å². The van der Waals surface area contributed by atoms with Gasteiger partial charge in [-0.2, -0.15) is 13.2 Å². The van der Waals surface area contributed by atoms with Gasteiger partial charge < -0.3 is 20.6 Å². The number of primary amides is 1. The summed E-state index contributed by atoms with van der Waals surface area (Å²) in [6, 6.07) is 1.73. The Morgan fingerprint density at radius 3 is 2.14 bits per heavy atom. The predicted octanol–water partition coefficient (Wildman–Crippen LogP) is 3.92. The van der Waals surface area contributed by atoms with E-state index in [2.05, 4.69) is 4.90 Å². The van der Waals surface area contributed by atoms with Crippen molar-refractivity contribution in [3.8, 4) is 0 Å². The molecule has 0 aromatic heterocycles. The molecule has 1 aliphatic carbocycles. The average molecular weight is 529 g/mol. The molecule has 37 heavy (non-hydrogen) atoms. The van der Waals surface area contributed by atoms with Crippen molar-refractivity contribution in [2.45, 2.75) is 44.5 Å². The zero-order valence-corrected chi connectivity index (χ0v) is 20.0. The second kappa shape index (κ2) is 9.32. The molecule has 12 heteroatoms. The summed E-state index contributed by atoms with van der Waals surface area (Å²) in [6.07, 6.45) is -4.06. The number of anilines is 1. The summed E-state index contributed by atoms with van der Waals surface area (Å²) in [6.45, 7) is 5.34. The third kappa shape index (κ3) is 4.35. The number of hydrogen-bond donors (Lipinski definition) is 2. The van der Waals surface area contributed by atoms with Crippen LogP contribution < -0.4 is 10.6 Å². The Kier molecular flexibility index (Phi) is 6.78. The van der Waals surface area contributed by atoms with Gasteiger partial charge >= 0.3 is 6.18 Å². The van der Waals surface area contributed by atoms with Gasteiger partial charge in [0.15, 0.2) is 0 Å². The fourth-order valence-corrected chi connectivity index (χ4v) is 5.44. The lowest BCUT2D eigenvalue weighted by Gasteiger charge is -2.43. The maximum absolute atomic E-state index is 14.8. The molecular weight excluding hydrogens is 504 g/mol. The van der Waals surface area contributed by atoms with Gasteiger partial charge in [-0.05, 0) is 44.0 Å². The van der Waals surface area contributed by atoms with E-state index in [0.29, 0.717) is 18.9 Å². The number of fused-ring (bicyclic) bond motifs is 1. The summed E-state index contributed by atoms with van der Waals surface area (Å²) < 4.78 is 85.8. The van der Waals surface area contributed by atoms with E-state index in [-0.39, 0.29) is 30.6 Å². The van der Waals surface area contributed by atoms with Gasteiger partial charge in [-0.15, -0.1) is 0 Å². The number of halogens is 6. The molecule has 2 aliphatic rings. The molecule has 6 nitrogen and oxygen atoms in total. The molecule has 1 saturated carbocycles. The predicted molar refractivity (Wildman–Crippen MR) is 121 cm³/mol. The van der Waals surface area contributed by atoms with Gasteiger partial charge in [0.1, 0.15) is 17.5 Å². The summed E-state index contributed by atoms with van der Waals surface area (Å²) >= 11 is 0. The van der Waals surface area contributed by atoms with Crippen LogP contribution >= 0.6 is 0 Å². The van der Waals surface area contributed by atoms with Crippen LogP contribution in [0.2, 0.25) is 0 Å². The number of alkyl halides is 3. The molecule has 1 heterocycles. The largest absolute Gasteiger partial charge is 0.416 e. The fraction of sp³-hybridized carbons (Fsp3) is 0.440. The highest BCUT2D eigenvalue weighted by Gasteiger charge is 2.58. The van der Waals surface area contributed by atoms with Crippen LogP contribution in [0.1, 0.15) is 53.7 Å². The van der Waals surface area contributed by atoms with Crippen LogP contribution in [0.25, 0.3) is 0 Å². The minimum atomic E-state index is -5.25. The van der Waals surface area contributed by atoms with Crippen LogP contribution in [-0.2, 0) is 16.6 Å². The highest BCUT2D eigenvalue weighted by molar-refractivity contribution is 6.11. The fourth-order valence-electron chi connectivity index (χ4n) is 5.44. The molecule has 0 spiro atoms. The Hall–Kier alpha value is -3.12. The lowest BCUT2D eigenvalue weighted by molar-refractivity contribution is -0.142. The van der Waals surface area contributed by atoms with Crippen molar-refractivity contribution in [1.29, 1.82) is 0 Å². The van der Waals surface area contributed by atoms with Crippen molar-refractivity contribution < 1.29 is 41.0 Å². The Balaban J connectivity index is 1.89. The van der Waals surface area contributed by atoms with Crippen molar-refractivity contribution in [3.63, 3.8) is 0 Å². The maximum Gasteiger partial charge on any atom is 0.416 e. The first-order valence-electron chi connectivity index (χ1n) is 11.7. The van der Waals surface area contributed by atoms with Crippen molar-refractivity contribution in [1.82, 2.24) is 4.90 Å². The quantitative estimate of drug-likeness (QED) is 0.533. The molecule has 200 valence electrons. The molecule has 2 aromatic rings. The SMILES string of the molecule is CCN(CC)C1CC(CN2C(=O)C(O)(c3c(F)cc(F)cc3F)c3c2cc(C(N)=O)cc3C(F)(F)F)C1. The monoisotopic (exact) mass is 529 g/mol. The van der Waals surface area contributed by atoms with Crippen LogP contribution in [0.5, 0.6) is 0 Å². The number of carbonyl (C=O) groups excluding carboxylic acids is 2. The molecule has 1 atom stereocenters. The van der Waals surface area contributed by atoms with E-state index in [1.54, 1.807) is 0 Å². The van der Waals surface area contributed by atoms with E-state index in [0.717, 1.165) is 24.1 Å².